The highest BCUT2D eigenvalue weighted by atomic mass is 31.2. The average Bonchev–Trinajstić information content (AvgIpc) is 3.73. The van der Waals surface area contributed by atoms with Crippen molar-refractivity contribution >= 4 is 54.6 Å². The van der Waals surface area contributed by atoms with Gasteiger partial charge in [-0.2, -0.15) is 0 Å². The van der Waals surface area contributed by atoms with Gasteiger partial charge in [0.25, 0.3) is 11.8 Å². The van der Waals surface area contributed by atoms with Crippen LogP contribution in [-0.2, 0) is 56.6 Å². The van der Waals surface area contributed by atoms with Gasteiger partial charge >= 0.3 is 19.9 Å². The normalized spacial score (nSPS) is 25.0. The summed E-state index contributed by atoms with van der Waals surface area (Å²) in [6, 6.07) is 0. The molecule has 0 saturated carbocycles. The van der Waals surface area contributed by atoms with Crippen molar-refractivity contribution in [1.82, 2.24) is 35.2 Å². The van der Waals surface area contributed by atoms with Crippen molar-refractivity contribution in [2.75, 3.05) is 51.9 Å². The number of ether oxygens (including phenoxy) is 4. The van der Waals surface area contributed by atoms with Gasteiger partial charge in [0.15, 0.2) is 23.8 Å². The molecule has 5 N–H and O–H groups in total. The Labute approximate surface area is 277 Å². The van der Waals surface area contributed by atoms with Gasteiger partial charge in [-0.3, -0.25) is 28.0 Å². The van der Waals surface area contributed by atoms with Crippen molar-refractivity contribution in [3.05, 3.63) is 12.7 Å². The highest BCUT2D eigenvalue weighted by molar-refractivity contribution is 7.47. The zero-order chi connectivity index (χ0) is 35.0. The standard InChI is InChI=1S/C26H35N8O14P/c27-23-20-24(31-13-30-23)33(14-32-20)25-22(21-15(45-25)12-44-49(40,41)48-21)46-26(39)29-7-9-43-11-10-42-8-6-28-16(35)2-1-3-19(38)47-34-17(36)4-5-18(34)37/h13-15,21-22,25H,1-12H2,(H,28,35)(H,29,39)(H,40,41)(H2,27,30,31). The molecule has 3 aliphatic rings. The first-order chi connectivity index (χ1) is 23.5. The average molecular weight is 715 g/mol. The number of alkyl carbamates (subject to hydrolysis) is 1. The number of hydrogen-bond acceptors (Lipinski definition) is 17. The van der Waals surface area contributed by atoms with E-state index in [1.54, 1.807) is 0 Å². The van der Waals surface area contributed by atoms with Gasteiger partial charge in [0.2, 0.25) is 5.91 Å². The lowest BCUT2D eigenvalue weighted by atomic mass is 10.1. The van der Waals surface area contributed by atoms with Gasteiger partial charge in [-0.1, -0.05) is 0 Å². The third-order valence-corrected chi connectivity index (χ3v) is 8.27. The van der Waals surface area contributed by atoms with Crippen LogP contribution in [0.3, 0.4) is 0 Å². The molecular formula is C26H35N8O14P. The number of aromatic nitrogens is 4. The summed E-state index contributed by atoms with van der Waals surface area (Å²) in [4.78, 5) is 86.2. The maximum absolute atomic E-state index is 12.7. The van der Waals surface area contributed by atoms with E-state index in [2.05, 4.69) is 25.6 Å². The minimum absolute atomic E-state index is 0.00310. The van der Waals surface area contributed by atoms with Gasteiger partial charge in [-0.25, -0.2) is 29.1 Å². The lowest BCUT2D eigenvalue weighted by molar-refractivity contribution is -0.197. The minimum atomic E-state index is -4.41. The largest absolute Gasteiger partial charge is 0.472 e. The van der Waals surface area contributed by atoms with Crippen LogP contribution in [0.4, 0.5) is 10.6 Å². The molecule has 5 heterocycles. The molecular weight excluding hydrogens is 679 g/mol. The number of anilines is 1. The summed E-state index contributed by atoms with van der Waals surface area (Å²) in [7, 11) is -4.41. The molecule has 0 bridgehead atoms. The molecule has 5 rings (SSSR count). The van der Waals surface area contributed by atoms with Gasteiger partial charge in [0.05, 0.1) is 39.4 Å². The molecule has 5 unspecified atom stereocenters. The van der Waals surface area contributed by atoms with Crippen molar-refractivity contribution in [3.63, 3.8) is 0 Å². The van der Waals surface area contributed by atoms with E-state index in [9.17, 15) is 33.4 Å². The monoisotopic (exact) mass is 714 g/mol. The van der Waals surface area contributed by atoms with E-state index in [0.717, 1.165) is 0 Å². The number of fused-ring (bicyclic) bond motifs is 2. The predicted octanol–water partition coefficient (Wildman–Crippen LogP) is -1.16. The number of nitrogens with one attached hydrogen (secondary N) is 2. The first-order valence-electron chi connectivity index (χ1n) is 15.2. The molecule has 22 nitrogen and oxygen atoms in total. The topological polar surface area (TPSA) is 284 Å². The number of hydrogen-bond donors (Lipinski definition) is 4. The van der Waals surface area contributed by atoms with Crippen molar-refractivity contribution < 1.29 is 66.3 Å². The Hall–Kier alpha value is -4.31. The van der Waals surface area contributed by atoms with Crippen LogP contribution in [0.1, 0.15) is 38.3 Å². The number of carbonyl (C=O) groups excluding carboxylic acids is 5. The number of rotatable bonds is 16. The Morgan fingerprint density at radius 2 is 1.73 bits per heavy atom. The van der Waals surface area contributed by atoms with E-state index < -0.39 is 56.2 Å². The third-order valence-electron chi connectivity index (χ3n) is 7.29. The first-order valence-corrected chi connectivity index (χ1v) is 16.7. The zero-order valence-corrected chi connectivity index (χ0v) is 26.9. The van der Waals surface area contributed by atoms with E-state index in [1.165, 1.54) is 17.2 Å². The summed E-state index contributed by atoms with van der Waals surface area (Å²) in [6.45, 7) is 0.694. The SMILES string of the molecule is Nc1ncnc2c1ncn2C1OC2COP(=O)(O)OC2C1OC(=O)NCCOCCOCCNC(=O)CCCC(=O)ON1C(=O)CCC1=O. The predicted molar refractivity (Wildman–Crippen MR) is 158 cm³/mol. The molecule has 3 aliphatic heterocycles. The Morgan fingerprint density at radius 3 is 2.47 bits per heavy atom. The van der Waals surface area contributed by atoms with Crippen molar-refractivity contribution in [1.29, 1.82) is 0 Å². The first kappa shape index (κ1) is 36.0. The van der Waals surface area contributed by atoms with E-state index in [4.69, 9.17) is 38.6 Å². The van der Waals surface area contributed by atoms with Crippen molar-refractivity contribution in [2.45, 2.75) is 56.6 Å². The fourth-order valence-corrected chi connectivity index (χ4v) is 5.95. The zero-order valence-electron chi connectivity index (χ0n) is 26.0. The highest BCUT2D eigenvalue weighted by Crippen LogP contribution is 2.53. The molecule has 23 heteroatoms. The van der Waals surface area contributed by atoms with Crippen LogP contribution in [-0.4, -0.2) is 124 Å². The highest BCUT2D eigenvalue weighted by Gasteiger charge is 2.55. The summed E-state index contributed by atoms with van der Waals surface area (Å²) < 4.78 is 46.0. The Balaban J connectivity index is 0.939. The number of imide groups is 1. The molecule has 0 spiro atoms. The van der Waals surface area contributed by atoms with Crippen LogP contribution in [0, 0.1) is 0 Å². The van der Waals surface area contributed by atoms with E-state index >= 15 is 0 Å². The molecule has 3 saturated heterocycles. The molecule has 5 atom stereocenters. The van der Waals surface area contributed by atoms with Crippen LogP contribution >= 0.6 is 7.82 Å². The maximum atomic E-state index is 12.7. The second-order valence-corrected chi connectivity index (χ2v) is 12.2. The Kier molecular flexibility index (Phi) is 12.0. The van der Waals surface area contributed by atoms with Crippen LogP contribution in [0.5, 0.6) is 0 Å². The molecule has 2 aromatic rings. The van der Waals surface area contributed by atoms with Gasteiger partial charge in [-0.05, 0) is 6.42 Å². The third kappa shape index (κ3) is 9.44. The molecule has 0 aliphatic carbocycles. The van der Waals surface area contributed by atoms with Crippen LogP contribution < -0.4 is 16.4 Å². The fraction of sp³-hybridized carbons (Fsp3) is 0.615. The number of hydroxylamine groups is 2. The van der Waals surface area contributed by atoms with E-state index in [0.29, 0.717) is 5.06 Å². The number of phosphoric ester groups is 1. The number of phosphoric acid groups is 1. The number of carbonyl (C=O) groups is 5. The van der Waals surface area contributed by atoms with Crippen molar-refractivity contribution in [2.24, 2.45) is 0 Å². The van der Waals surface area contributed by atoms with Gasteiger partial charge in [0.1, 0.15) is 24.1 Å². The molecule has 3 fully saturated rings. The molecule has 0 radical (unpaired) electrons. The molecule has 0 aromatic carbocycles. The molecule has 2 aromatic heterocycles. The fourth-order valence-electron chi connectivity index (χ4n) is 4.99. The lowest BCUT2D eigenvalue weighted by Crippen LogP contribution is -2.43. The van der Waals surface area contributed by atoms with Gasteiger partial charge in [0, 0.05) is 38.8 Å². The minimum Gasteiger partial charge on any atom is -0.438 e. The molecule has 268 valence electrons. The summed E-state index contributed by atoms with van der Waals surface area (Å²) in [5.41, 5.74) is 6.44. The van der Waals surface area contributed by atoms with Gasteiger partial charge in [-0.15, -0.1) is 5.06 Å². The molecule has 49 heavy (non-hydrogen) atoms. The Bertz CT molecular complexity index is 1580. The van der Waals surface area contributed by atoms with E-state index in [1.807, 2.05) is 0 Å². The van der Waals surface area contributed by atoms with Gasteiger partial charge < -0.3 is 45.0 Å². The van der Waals surface area contributed by atoms with E-state index in [-0.39, 0.29) is 101 Å². The number of nitrogens with two attached hydrogens (primary N) is 1. The summed E-state index contributed by atoms with van der Waals surface area (Å²) in [5, 5.41) is 5.62. The smallest absolute Gasteiger partial charge is 0.438 e. The second kappa shape index (κ2) is 16.4. The lowest BCUT2D eigenvalue weighted by Gasteiger charge is -2.29. The Morgan fingerprint density at radius 1 is 1.02 bits per heavy atom. The second-order valence-electron chi connectivity index (χ2n) is 10.8. The van der Waals surface area contributed by atoms with Crippen molar-refractivity contribution in [3.8, 4) is 0 Å². The molecule has 4 amide bonds. The van der Waals surface area contributed by atoms with Crippen LogP contribution in [0.15, 0.2) is 12.7 Å². The summed E-state index contributed by atoms with van der Waals surface area (Å²) >= 11 is 0. The summed E-state index contributed by atoms with van der Waals surface area (Å²) in [5.74, 6) is -2.10. The van der Waals surface area contributed by atoms with Crippen LogP contribution in [0.25, 0.3) is 11.2 Å². The number of nitrogen functional groups attached to an aromatic ring is 1. The van der Waals surface area contributed by atoms with Crippen LogP contribution in [0.2, 0.25) is 0 Å². The number of amides is 4. The number of nitrogens with zero attached hydrogens (tertiary/aromatic N) is 5. The summed E-state index contributed by atoms with van der Waals surface area (Å²) in [6.07, 6.45) is -2.42. The number of imidazole rings is 1. The maximum Gasteiger partial charge on any atom is 0.472 e. The quantitative estimate of drug-likeness (QED) is 0.0906.